The van der Waals surface area contributed by atoms with E-state index in [4.69, 9.17) is 14.2 Å². The topological polar surface area (TPSA) is 87.0 Å². The highest BCUT2D eigenvalue weighted by molar-refractivity contribution is 5.76. The molecule has 3 aromatic rings. The van der Waals surface area contributed by atoms with Crippen molar-refractivity contribution in [3.63, 3.8) is 0 Å². The molecule has 0 atom stereocenters. The standard InChI is InChI=1S/C22H28N4O4/c1-13-9-20-24-14(2)17(15(3)26(20)25-13)7-8-21(27)23-12-16-10-18(28-4)22(30-6)19(11-16)29-5/h9-11H,7-8,12H2,1-6H3,(H,23,27). The molecule has 30 heavy (non-hydrogen) atoms. The third kappa shape index (κ3) is 4.32. The predicted octanol–water partition coefficient (Wildman–Crippen LogP) is 2.93. The summed E-state index contributed by atoms with van der Waals surface area (Å²) in [6.45, 7) is 6.29. The molecule has 0 bridgehead atoms. The number of hydrogen-bond acceptors (Lipinski definition) is 6. The molecule has 0 aliphatic carbocycles. The first-order chi connectivity index (χ1) is 14.4. The van der Waals surface area contributed by atoms with Gasteiger partial charge in [0, 0.05) is 30.4 Å². The SMILES string of the molecule is COc1cc(CNC(=O)CCc2c(C)nc3cc(C)nn3c2C)cc(OC)c1OC. The van der Waals surface area contributed by atoms with E-state index in [1.165, 1.54) is 0 Å². The first kappa shape index (κ1) is 21.4. The molecule has 3 rings (SSSR count). The van der Waals surface area contributed by atoms with Gasteiger partial charge in [0.05, 0.1) is 27.0 Å². The monoisotopic (exact) mass is 412 g/mol. The Balaban J connectivity index is 1.67. The second-order valence-electron chi connectivity index (χ2n) is 7.13. The van der Waals surface area contributed by atoms with E-state index in [1.807, 2.05) is 43.5 Å². The average molecular weight is 412 g/mol. The Labute approximate surface area is 176 Å². The van der Waals surface area contributed by atoms with Gasteiger partial charge in [-0.25, -0.2) is 9.50 Å². The average Bonchev–Trinajstić information content (AvgIpc) is 3.11. The summed E-state index contributed by atoms with van der Waals surface area (Å²) in [6, 6.07) is 5.61. The van der Waals surface area contributed by atoms with Crippen LogP contribution in [-0.4, -0.2) is 41.8 Å². The Morgan fingerprint density at radius 3 is 2.30 bits per heavy atom. The number of aromatic nitrogens is 3. The van der Waals surface area contributed by atoms with Crippen LogP contribution in [0.25, 0.3) is 5.65 Å². The van der Waals surface area contributed by atoms with Crippen molar-refractivity contribution >= 4 is 11.6 Å². The molecule has 0 fully saturated rings. The van der Waals surface area contributed by atoms with Crippen molar-refractivity contribution in [1.82, 2.24) is 19.9 Å². The van der Waals surface area contributed by atoms with Crippen molar-refractivity contribution in [3.8, 4) is 17.2 Å². The van der Waals surface area contributed by atoms with Crippen LogP contribution in [0.4, 0.5) is 0 Å². The minimum Gasteiger partial charge on any atom is -0.493 e. The Bertz CT molecular complexity index is 1050. The van der Waals surface area contributed by atoms with E-state index in [0.29, 0.717) is 36.6 Å². The number of methoxy groups -OCH3 is 3. The van der Waals surface area contributed by atoms with Gasteiger partial charge in [0.15, 0.2) is 17.1 Å². The normalized spacial score (nSPS) is 10.9. The molecule has 1 N–H and O–H groups in total. The van der Waals surface area contributed by atoms with Gasteiger partial charge in [-0.3, -0.25) is 4.79 Å². The Hall–Kier alpha value is -3.29. The molecule has 0 radical (unpaired) electrons. The van der Waals surface area contributed by atoms with E-state index in [2.05, 4.69) is 15.4 Å². The largest absolute Gasteiger partial charge is 0.493 e. The van der Waals surface area contributed by atoms with E-state index < -0.39 is 0 Å². The van der Waals surface area contributed by atoms with Gasteiger partial charge in [0.2, 0.25) is 11.7 Å². The van der Waals surface area contributed by atoms with Crippen molar-refractivity contribution in [3.05, 3.63) is 46.4 Å². The number of nitrogens with one attached hydrogen (secondary N) is 1. The van der Waals surface area contributed by atoms with Crippen LogP contribution in [0.2, 0.25) is 0 Å². The molecule has 2 heterocycles. The molecule has 0 saturated carbocycles. The number of benzene rings is 1. The van der Waals surface area contributed by atoms with Crippen LogP contribution in [0.3, 0.4) is 0 Å². The van der Waals surface area contributed by atoms with Crippen molar-refractivity contribution in [2.24, 2.45) is 0 Å². The van der Waals surface area contributed by atoms with Gasteiger partial charge in [-0.1, -0.05) is 0 Å². The fraction of sp³-hybridized carbons (Fsp3) is 0.409. The number of ether oxygens (including phenoxy) is 3. The van der Waals surface area contributed by atoms with Crippen LogP contribution in [0.15, 0.2) is 18.2 Å². The number of hydrogen-bond donors (Lipinski definition) is 1. The zero-order chi connectivity index (χ0) is 21.8. The second kappa shape index (κ2) is 9.02. The number of carbonyl (C=O) groups is 1. The molecule has 0 spiro atoms. The Kier molecular flexibility index (Phi) is 6.44. The molecule has 2 aromatic heterocycles. The minimum absolute atomic E-state index is 0.0423. The molecule has 0 saturated heterocycles. The number of nitrogens with zero attached hydrogens (tertiary/aromatic N) is 3. The molecule has 8 nitrogen and oxygen atoms in total. The van der Waals surface area contributed by atoms with Gasteiger partial charge in [-0.05, 0) is 50.5 Å². The number of fused-ring (bicyclic) bond motifs is 1. The highest BCUT2D eigenvalue weighted by Crippen LogP contribution is 2.38. The molecule has 0 aliphatic heterocycles. The summed E-state index contributed by atoms with van der Waals surface area (Å²) in [6.07, 6.45) is 0.958. The van der Waals surface area contributed by atoms with Crippen molar-refractivity contribution in [2.45, 2.75) is 40.2 Å². The summed E-state index contributed by atoms with van der Waals surface area (Å²) >= 11 is 0. The summed E-state index contributed by atoms with van der Waals surface area (Å²) in [5, 5.41) is 7.44. The molecule has 0 unspecified atom stereocenters. The highest BCUT2D eigenvalue weighted by Gasteiger charge is 2.15. The van der Waals surface area contributed by atoms with Crippen molar-refractivity contribution in [1.29, 1.82) is 0 Å². The summed E-state index contributed by atoms with van der Waals surface area (Å²) < 4.78 is 17.9. The van der Waals surface area contributed by atoms with E-state index in [0.717, 1.165) is 33.9 Å². The maximum atomic E-state index is 12.5. The molecular weight excluding hydrogens is 384 g/mol. The van der Waals surface area contributed by atoms with Gasteiger partial charge < -0.3 is 19.5 Å². The molecule has 8 heteroatoms. The maximum Gasteiger partial charge on any atom is 0.220 e. The Morgan fingerprint density at radius 1 is 1.03 bits per heavy atom. The van der Waals surface area contributed by atoms with Crippen LogP contribution in [0.5, 0.6) is 17.2 Å². The van der Waals surface area contributed by atoms with Gasteiger partial charge >= 0.3 is 0 Å². The zero-order valence-corrected chi connectivity index (χ0v) is 18.3. The van der Waals surface area contributed by atoms with Crippen LogP contribution >= 0.6 is 0 Å². The van der Waals surface area contributed by atoms with Crippen LogP contribution in [-0.2, 0) is 17.8 Å². The minimum atomic E-state index is -0.0423. The van der Waals surface area contributed by atoms with Gasteiger partial charge in [-0.15, -0.1) is 0 Å². The smallest absolute Gasteiger partial charge is 0.220 e. The lowest BCUT2D eigenvalue weighted by molar-refractivity contribution is -0.121. The second-order valence-corrected chi connectivity index (χ2v) is 7.13. The summed E-state index contributed by atoms with van der Waals surface area (Å²) in [5.41, 5.74) is 5.61. The third-order valence-corrected chi connectivity index (χ3v) is 5.10. The van der Waals surface area contributed by atoms with Crippen LogP contribution < -0.4 is 19.5 Å². The van der Waals surface area contributed by atoms with Crippen molar-refractivity contribution < 1.29 is 19.0 Å². The number of carbonyl (C=O) groups excluding carboxylic acids is 1. The number of rotatable bonds is 8. The quantitative estimate of drug-likeness (QED) is 0.612. The van der Waals surface area contributed by atoms with Crippen LogP contribution in [0.1, 0.15) is 34.6 Å². The summed E-state index contributed by atoms with van der Waals surface area (Å²) in [7, 11) is 4.69. The predicted molar refractivity (Wildman–Crippen MR) is 113 cm³/mol. The first-order valence-corrected chi connectivity index (χ1v) is 9.76. The van der Waals surface area contributed by atoms with Gasteiger partial charge in [0.1, 0.15) is 0 Å². The molecule has 0 aliphatic rings. The third-order valence-electron chi connectivity index (χ3n) is 5.10. The van der Waals surface area contributed by atoms with E-state index in [1.54, 1.807) is 21.3 Å². The van der Waals surface area contributed by atoms with E-state index in [9.17, 15) is 4.79 Å². The lowest BCUT2D eigenvalue weighted by Crippen LogP contribution is -2.23. The molecule has 160 valence electrons. The summed E-state index contributed by atoms with van der Waals surface area (Å²) in [5.74, 6) is 1.60. The lowest BCUT2D eigenvalue weighted by atomic mass is 10.1. The highest BCUT2D eigenvalue weighted by atomic mass is 16.5. The molecular formula is C22H28N4O4. The number of amides is 1. The van der Waals surface area contributed by atoms with E-state index in [-0.39, 0.29) is 5.91 Å². The van der Waals surface area contributed by atoms with E-state index >= 15 is 0 Å². The molecule has 1 amide bonds. The number of aryl methyl sites for hydroxylation is 3. The fourth-order valence-corrected chi connectivity index (χ4v) is 3.57. The fourth-order valence-electron chi connectivity index (χ4n) is 3.57. The summed E-state index contributed by atoms with van der Waals surface area (Å²) in [4.78, 5) is 17.1. The van der Waals surface area contributed by atoms with Crippen molar-refractivity contribution in [2.75, 3.05) is 21.3 Å². The van der Waals surface area contributed by atoms with Gasteiger partial charge in [0.25, 0.3) is 0 Å². The Morgan fingerprint density at radius 2 is 1.70 bits per heavy atom. The molecule has 1 aromatic carbocycles. The van der Waals surface area contributed by atoms with Crippen LogP contribution in [0, 0.1) is 20.8 Å². The maximum absolute atomic E-state index is 12.5. The first-order valence-electron chi connectivity index (χ1n) is 9.76. The zero-order valence-electron chi connectivity index (χ0n) is 18.3. The van der Waals surface area contributed by atoms with Gasteiger partial charge in [-0.2, -0.15) is 5.10 Å². The lowest BCUT2D eigenvalue weighted by Gasteiger charge is -2.15.